The quantitative estimate of drug-likeness (QED) is 0.479. The topological polar surface area (TPSA) is 108 Å². The smallest absolute Gasteiger partial charge is 0.346 e. The molecule has 0 atom stereocenters. The fourth-order valence-corrected chi connectivity index (χ4v) is 2.28. The lowest BCUT2D eigenvalue weighted by Crippen LogP contribution is -2.41. The van der Waals surface area contributed by atoms with Crippen LogP contribution in [0.2, 0.25) is 0 Å². The third-order valence-electron chi connectivity index (χ3n) is 2.84. The normalized spacial score (nSPS) is 10.8. The Morgan fingerprint density at radius 1 is 1.27 bits per heavy atom. The summed E-state index contributed by atoms with van der Waals surface area (Å²) in [6.45, 7) is 3.00. The number of halogens is 1. The summed E-state index contributed by atoms with van der Waals surface area (Å²) in [6, 6.07) is 2.84. The lowest BCUT2D eigenvalue weighted by molar-refractivity contribution is -0.384. The number of nitro benzene ring substituents is 1. The molecule has 0 amide bonds. The fraction of sp³-hybridized carbons (Fsp3) is 0.385. The monoisotopic (exact) mass is 374 g/mol. The van der Waals surface area contributed by atoms with Crippen LogP contribution in [0, 0.1) is 10.1 Å². The third kappa shape index (κ3) is 3.53. The Balaban J connectivity index is 3.47. The Morgan fingerprint density at radius 3 is 2.32 bits per heavy atom. The summed E-state index contributed by atoms with van der Waals surface area (Å²) in [5.74, 6) is -1.47. The van der Waals surface area contributed by atoms with E-state index in [1.807, 2.05) is 0 Å². The van der Waals surface area contributed by atoms with E-state index in [9.17, 15) is 19.7 Å². The summed E-state index contributed by atoms with van der Waals surface area (Å²) in [6.07, 6.45) is 0. The van der Waals surface area contributed by atoms with Gasteiger partial charge >= 0.3 is 17.6 Å². The van der Waals surface area contributed by atoms with Crippen LogP contribution in [-0.2, 0) is 14.3 Å². The van der Waals surface area contributed by atoms with Gasteiger partial charge in [0, 0.05) is 4.47 Å². The van der Waals surface area contributed by atoms with Gasteiger partial charge in [-0.3, -0.25) is 10.1 Å². The number of nitro groups is 1. The summed E-state index contributed by atoms with van der Waals surface area (Å²) in [5.41, 5.74) is -1.94. The first-order valence-corrected chi connectivity index (χ1v) is 6.86. The fourth-order valence-electron chi connectivity index (χ4n) is 1.80. The summed E-state index contributed by atoms with van der Waals surface area (Å²) < 4.78 is 9.42. The van der Waals surface area contributed by atoms with Crippen LogP contribution < -0.4 is 5.32 Å². The van der Waals surface area contributed by atoms with Crippen molar-refractivity contribution in [3.05, 3.63) is 32.3 Å². The molecule has 0 radical (unpaired) electrons. The first-order chi connectivity index (χ1) is 10.2. The van der Waals surface area contributed by atoms with Gasteiger partial charge in [-0.25, -0.2) is 9.59 Å². The largest absolute Gasteiger partial charge is 0.467 e. The third-order valence-corrected chi connectivity index (χ3v) is 3.50. The van der Waals surface area contributed by atoms with E-state index < -0.39 is 28.1 Å². The molecule has 22 heavy (non-hydrogen) atoms. The number of ether oxygens (including phenoxy) is 2. The Bertz CT molecular complexity index is 629. The number of hydrogen-bond donors (Lipinski definition) is 1. The summed E-state index contributed by atoms with van der Waals surface area (Å²) in [4.78, 5) is 34.1. The average molecular weight is 375 g/mol. The molecule has 0 spiro atoms. The number of anilines is 1. The highest BCUT2D eigenvalue weighted by Crippen LogP contribution is 2.36. The SMILES string of the molecule is COC(=O)c1c(Br)ccc(NC(C)(C)C(=O)OC)c1[N+](=O)[O-]. The molecule has 1 N–H and O–H groups in total. The highest BCUT2D eigenvalue weighted by Gasteiger charge is 2.34. The van der Waals surface area contributed by atoms with E-state index in [1.54, 1.807) is 0 Å². The minimum absolute atomic E-state index is 0.00370. The highest BCUT2D eigenvalue weighted by atomic mass is 79.9. The first-order valence-electron chi connectivity index (χ1n) is 6.07. The molecule has 0 saturated carbocycles. The Labute approximate surface area is 135 Å². The molecular formula is C13H15BrN2O6. The number of nitrogens with zero attached hydrogens (tertiary/aromatic N) is 1. The van der Waals surface area contributed by atoms with E-state index in [1.165, 1.54) is 33.1 Å². The molecule has 0 saturated heterocycles. The first kappa shape index (κ1) is 17.9. The number of nitrogens with one attached hydrogen (secondary N) is 1. The summed E-state index contributed by atoms with van der Waals surface area (Å²) in [5, 5.41) is 14.1. The van der Waals surface area contributed by atoms with E-state index in [4.69, 9.17) is 0 Å². The molecule has 0 aliphatic heterocycles. The van der Waals surface area contributed by atoms with Gasteiger partial charge in [-0.15, -0.1) is 0 Å². The number of methoxy groups -OCH3 is 2. The van der Waals surface area contributed by atoms with Crippen LogP contribution in [0.1, 0.15) is 24.2 Å². The predicted octanol–water partition coefficient (Wildman–Crippen LogP) is 2.51. The van der Waals surface area contributed by atoms with Crippen molar-refractivity contribution in [1.82, 2.24) is 0 Å². The van der Waals surface area contributed by atoms with Gasteiger partial charge in [-0.2, -0.15) is 0 Å². The lowest BCUT2D eigenvalue weighted by Gasteiger charge is -2.24. The Kier molecular flexibility index (Phi) is 5.48. The molecule has 8 nitrogen and oxygen atoms in total. The predicted molar refractivity (Wildman–Crippen MR) is 81.9 cm³/mol. The van der Waals surface area contributed by atoms with Crippen molar-refractivity contribution in [2.75, 3.05) is 19.5 Å². The zero-order chi connectivity index (χ0) is 17.1. The molecule has 120 valence electrons. The van der Waals surface area contributed by atoms with Crippen molar-refractivity contribution in [3.63, 3.8) is 0 Å². The average Bonchev–Trinajstić information content (AvgIpc) is 2.46. The van der Waals surface area contributed by atoms with Gasteiger partial charge in [0.25, 0.3) is 0 Å². The number of rotatable bonds is 5. The van der Waals surface area contributed by atoms with Gasteiger partial charge in [-0.1, -0.05) is 0 Å². The number of carbonyl (C=O) groups is 2. The van der Waals surface area contributed by atoms with Crippen LogP contribution in [0.15, 0.2) is 16.6 Å². The highest BCUT2D eigenvalue weighted by molar-refractivity contribution is 9.10. The Hall–Kier alpha value is -2.16. The molecule has 1 rings (SSSR count). The van der Waals surface area contributed by atoms with Crippen LogP contribution in [0.25, 0.3) is 0 Å². The molecule has 1 aromatic carbocycles. The molecule has 0 fully saturated rings. The van der Waals surface area contributed by atoms with E-state index in [0.717, 1.165) is 7.11 Å². The zero-order valence-electron chi connectivity index (χ0n) is 12.4. The maximum absolute atomic E-state index is 11.8. The number of esters is 2. The van der Waals surface area contributed by atoms with E-state index in [0.29, 0.717) is 0 Å². The number of hydrogen-bond acceptors (Lipinski definition) is 7. The molecule has 0 aromatic heterocycles. The second kappa shape index (κ2) is 6.73. The van der Waals surface area contributed by atoms with Crippen molar-refractivity contribution in [2.24, 2.45) is 0 Å². The van der Waals surface area contributed by atoms with Gasteiger partial charge in [-0.05, 0) is 41.9 Å². The summed E-state index contributed by atoms with van der Waals surface area (Å²) in [7, 11) is 2.33. The van der Waals surface area contributed by atoms with Gasteiger partial charge < -0.3 is 14.8 Å². The van der Waals surface area contributed by atoms with Crippen molar-refractivity contribution in [3.8, 4) is 0 Å². The van der Waals surface area contributed by atoms with Crippen molar-refractivity contribution in [1.29, 1.82) is 0 Å². The second-order valence-electron chi connectivity index (χ2n) is 4.81. The Morgan fingerprint density at radius 2 is 1.86 bits per heavy atom. The standard InChI is InChI=1S/C13H15BrN2O6/c1-13(2,12(18)22-4)15-8-6-5-7(14)9(11(17)21-3)10(8)16(19)20/h5-6,15H,1-4H3. The molecular weight excluding hydrogens is 360 g/mol. The van der Waals surface area contributed by atoms with E-state index >= 15 is 0 Å². The van der Waals surface area contributed by atoms with Gasteiger partial charge in [0.15, 0.2) is 5.56 Å². The molecule has 0 aliphatic rings. The van der Waals surface area contributed by atoms with Crippen LogP contribution >= 0.6 is 15.9 Å². The van der Waals surface area contributed by atoms with Crippen molar-refractivity contribution in [2.45, 2.75) is 19.4 Å². The van der Waals surface area contributed by atoms with Gasteiger partial charge in [0.1, 0.15) is 11.2 Å². The molecule has 9 heteroatoms. The lowest BCUT2D eigenvalue weighted by atomic mass is 10.0. The summed E-state index contributed by atoms with van der Waals surface area (Å²) >= 11 is 3.09. The zero-order valence-corrected chi connectivity index (χ0v) is 14.0. The minimum atomic E-state index is -1.22. The molecule has 0 unspecified atom stereocenters. The van der Waals surface area contributed by atoms with Gasteiger partial charge in [0.05, 0.1) is 19.1 Å². The van der Waals surface area contributed by atoms with Gasteiger partial charge in [0.2, 0.25) is 0 Å². The number of carbonyl (C=O) groups excluding carboxylic acids is 2. The number of benzene rings is 1. The molecule has 0 aliphatic carbocycles. The molecule has 1 aromatic rings. The maximum Gasteiger partial charge on any atom is 0.346 e. The van der Waals surface area contributed by atoms with Crippen LogP contribution in [0.4, 0.5) is 11.4 Å². The van der Waals surface area contributed by atoms with Crippen molar-refractivity contribution >= 4 is 39.2 Å². The molecule has 0 heterocycles. The second-order valence-corrected chi connectivity index (χ2v) is 5.66. The van der Waals surface area contributed by atoms with Crippen LogP contribution in [0.5, 0.6) is 0 Å². The minimum Gasteiger partial charge on any atom is -0.467 e. The van der Waals surface area contributed by atoms with Crippen molar-refractivity contribution < 1.29 is 24.0 Å². The maximum atomic E-state index is 11.8. The van der Waals surface area contributed by atoms with Crippen LogP contribution in [-0.4, -0.2) is 36.6 Å². The van der Waals surface area contributed by atoms with Crippen LogP contribution in [0.3, 0.4) is 0 Å². The van der Waals surface area contributed by atoms with E-state index in [2.05, 4.69) is 30.7 Å². The molecule has 0 bridgehead atoms. The van der Waals surface area contributed by atoms with E-state index in [-0.39, 0.29) is 15.7 Å².